The summed E-state index contributed by atoms with van der Waals surface area (Å²) in [7, 11) is 1.96. The van der Waals surface area contributed by atoms with Crippen molar-refractivity contribution in [3.63, 3.8) is 0 Å². The first-order valence-electron chi connectivity index (χ1n) is 6.42. The minimum Gasteiger partial charge on any atom is -0.488 e. The van der Waals surface area contributed by atoms with Crippen molar-refractivity contribution in [2.45, 2.75) is 33.4 Å². The maximum absolute atomic E-state index is 5.94. The topological polar surface area (TPSA) is 34.1 Å². The van der Waals surface area contributed by atoms with Gasteiger partial charge in [0.15, 0.2) is 0 Å². The fraction of sp³-hybridized carbons (Fsp3) is 0.400. The highest BCUT2D eigenvalue weighted by atomic mass is 32.1. The summed E-state index contributed by atoms with van der Waals surface area (Å²) in [5, 5.41) is 4.34. The van der Waals surface area contributed by atoms with Crippen molar-refractivity contribution >= 4 is 11.3 Å². The van der Waals surface area contributed by atoms with E-state index in [1.54, 1.807) is 11.3 Å². The van der Waals surface area contributed by atoms with E-state index in [1.165, 1.54) is 11.1 Å². The van der Waals surface area contributed by atoms with Gasteiger partial charge in [-0.3, -0.25) is 0 Å². The molecule has 3 nitrogen and oxygen atoms in total. The number of ether oxygens (including phenoxy) is 1. The lowest BCUT2D eigenvalue weighted by Crippen LogP contribution is -2.14. The van der Waals surface area contributed by atoms with Gasteiger partial charge in [-0.1, -0.05) is 17.7 Å². The summed E-state index contributed by atoms with van der Waals surface area (Å²) in [5.41, 5.74) is 2.45. The van der Waals surface area contributed by atoms with Crippen LogP contribution in [-0.4, -0.2) is 12.0 Å². The minimum atomic E-state index is 0.276. The van der Waals surface area contributed by atoms with E-state index >= 15 is 0 Å². The van der Waals surface area contributed by atoms with Crippen LogP contribution in [0.3, 0.4) is 0 Å². The Morgan fingerprint density at radius 3 is 2.79 bits per heavy atom. The van der Waals surface area contributed by atoms with Crippen molar-refractivity contribution in [3.05, 3.63) is 45.4 Å². The third-order valence-electron chi connectivity index (χ3n) is 3.10. The van der Waals surface area contributed by atoms with E-state index in [4.69, 9.17) is 4.74 Å². The van der Waals surface area contributed by atoms with E-state index < -0.39 is 0 Å². The lowest BCUT2D eigenvalue weighted by Gasteiger charge is -2.17. The smallest absolute Gasteiger partial charge is 0.124 e. The molecule has 0 radical (unpaired) electrons. The average Bonchev–Trinajstić information content (AvgIpc) is 2.82. The Balaban J connectivity index is 2.15. The first-order chi connectivity index (χ1) is 9.10. The SMILES string of the molecule is CNC(C)c1cc(C)ccc1OCc1cnc(C)s1. The van der Waals surface area contributed by atoms with Crippen molar-refractivity contribution < 1.29 is 4.74 Å². The minimum absolute atomic E-state index is 0.276. The predicted octanol–water partition coefficient (Wildman–Crippen LogP) is 3.62. The standard InChI is InChI=1S/C15H20N2OS/c1-10-5-6-15(14(7-10)11(2)16-4)18-9-13-8-17-12(3)19-13/h5-8,11,16H,9H2,1-4H3. The third kappa shape index (κ3) is 3.55. The molecule has 1 atom stereocenters. The summed E-state index contributed by atoms with van der Waals surface area (Å²) in [5.74, 6) is 0.943. The summed E-state index contributed by atoms with van der Waals surface area (Å²) in [4.78, 5) is 5.40. The zero-order chi connectivity index (χ0) is 13.8. The van der Waals surface area contributed by atoms with Crippen molar-refractivity contribution in [1.82, 2.24) is 10.3 Å². The van der Waals surface area contributed by atoms with Gasteiger partial charge in [-0.05, 0) is 33.9 Å². The lowest BCUT2D eigenvalue weighted by molar-refractivity contribution is 0.303. The molecule has 1 heterocycles. The molecule has 0 saturated heterocycles. The van der Waals surface area contributed by atoms with Crippen LogP contribution in [0.5, 0.6) is 5.75 Å². The van der Waals surface area contributed by atoms with Crippen LogP contribution >= 0.6 is 11.3 Å². The third-order valence-corrected chi connectivity index (χ3v) is 3.99. The summed E-state index contributed by atoms with van der Waals surface area (Å²) < 4.78 is 5.94. The van der Waals surface area contributed by atoms with E-state index in [2.05, 4.69) is 36.3 Å². The van der Waals surface area contributed by atoms with Crippen molar-refractivity contribution in [2.75, 3.05) is 7.05 Å². The number of hydrogen-bond acceptors (Lipinski definition) is 4. The van der Waals surface area contributed by atoms with Gasteiger partial charge in [-0.2, -0.15) is 0 Å². The van der Waals surface area contributed by atoms with Crippen LogP contribution in [0.1, 0.15) is 34.0 Å². The van der Waals surface area contributed by atoms with Gasteiger partial charge in [0.2, 0.25) is 0 Å². The van der Waals surface area contributed by atoms with Crippen LogP contribution in [0, 0.1) is 13.8 Å². The van der Waals surface area contributed by atoms with E-state index in [-0.39, 0.29) is 6.04 Å². The second-order valence-electron chi connectivity index (χ2n) is 4.69. The fourth-order valence-corrected chi connectivity index (χ4v) is 2.62. The van der Waals surface area contributed by atoms with Gasteiger partial charge >= 0.3 is 0 Å². The van der Waals surface area contributed by atoms with Gasteiger partial charge < -0.3 is 10.1 Å². The summed E-state index contributed by atoms with van der Waals surface area (Å²) in [6, 6.07) is 6.58. The highest BCUT2D eigenvalue weighted by Crippen LogP contribution is 2.27. The van der Waals surface area contributed by atoms with Crippen molar-refractivity contribution in [1.29, 1.82) is 0 Å². The van der Waals surface area contributed by atoms with E-state index in [1.807, 2.05) is 26.2 Å². The van der Waals surface area contributed by atoms with Gasteiger partial charge in [0.05, 0.1) is 9.88 Å². The molecule has 102 valence electrons. The Labute approximate surface area is 118 Å². The molecule has 0 aliphatic heterocycles. The first kappa shape index (κ1) is 14.0. The molecule has 19 heavy (non-hydrogen) atoms. The van der Waals surface area contributed by atoms with Crippen LogP contribution < -0.4 is 10.1 Å². The highest BCUT2D eigenvalue weighted by Gasteiger charge is 2.11. The first-order valence-corrected chi connectivity index (χ1v) is 7.23. The Bertz CT molecular complexity index is 551. The second kappa shape index (κ2) is 6.17. The van der Waals surface area contributed by atoms with Crippen molar-refractivity contribution in [3.8, 4) is 5.75 Å². The van der Waals surface area contributed by atoms with Gasteiger partial charge in [-0.25, -0.2) is 4.98 Å². The number of aryl methyl sites for hydroxylation is 2. The highest BCUT2D eigenvalue weighted by molar-refractivity contribution is 7.11. The summed E-state index contributed by atoms with van der Waals surface area (Å²) in [6.07, 6.45) is 1.88. The molecule has 0 aliphatic rings. The molecule has 1 N–H and O–H groups in total. The Morgan fingerprint density at radius 2 is 2.16 bits per heavy atom. The molecule has 4 heteroatoms. The fourth-order valence-electron chi connectivity index (χ4n) is 1.91. The number of hydrogen-bond donors (Lipinski definition) is 1. The van der Waals surface area contributed by atoms with Gasteiger partial charge in [-0.15, -0.1) is 11.3 Å². The Morgan fingerprint density at radius 1 is 1.37 bits per heavy atom. The number of nitrogens with one attached hydrogen (secondary N) is 1. The molecule has 0 aliphatic carbocycles. The quantitative estimate of drug-likeness (QED) is 0.905. The van der Waals surface area contributed by atoms with Gasteiger partial charge in [0, 0.05) is 17.8 Å². The molecule has 0 bridgehead atoms. The Kier molecular flexibility index (Phi) is 4.56. The largest absolute Gasteiger partial charge is 0.488 e. The molecule has 1 aromatic heterocycles. The normalized spacial score (nSPS) is 12.4. The van der Waals surface area contributed by atoms with Crippen molar-refractivity contribution in [2.24, 2.45) is 0 Å². The summed E-state index contributed by atoms with van der Waals surface area (Å²) in [6.45, 7) is 6.83. The monoisotopic (exact) mass is 276 g/mol. The van der Waals surface area contributed by atoms with Crippen LogP contribution in [0.2, 0.25) is 0 Å². The van der Waals surface area contributed by atoms with E-state index in [9.17, 15) is 0 Å². The molecule has 0 fully saturated rings. The lowest BCUT2D eigenvalue weighted by atomic mass is 10.0. The average molecular weight is 276 g/mol. The van der Waals surface area contributed by atoms with Crippen LogP contribution in [-0.2, 0) is 6.61 Å². The molecule has 0 saturated carbocycles. The molecule has 0 amide bonds. The van der Waals surface area contributed by atoms with Crippen LogP contribution in [0.25, 0.3) is 0 Å². The van der Waals surface area contributed by atoms with Gasteiger partial charge in [0.25, 0.3) is 0 Å². The molecular weight excluding hydrogens is 256 g/mol. The summed E-state index contributed by atoms with van der Waals surface area (Å²) >= 11 is 1.68. The molecular formula is C15H20N2OS. The zero-order valence-corrected chi connectivity index (χ0v) is 12.7. The van der Waals surface area contributed by atoms with Crippen LogP contribution in [0.4, 0.5) is 0 Å². The van der Waals surface area contributed by atoms with E-state index in [0.29, 0.717) is 6.61 Å². The number of benzene rings is 1. The zero-order valence-electron chi connectivity index (χ0n) is 11.9. The molecule has 2 rings (SSSR count). The number of thiazole rings is 1. The molecule has 0 spiro atoms. The van der Waals surface area contributed by atoms with E-state index in [0.717, 1.165) is 15.6 Å². The maximum Gasteiger partial charge on any atom is 0.124 e. The number of rotatable bonds is 5. The Hall–Kier alpha value is -1.39. The van der Waals surface area contributed by atoms with Gasteiger partial charge in [0.1, 0.15) is 12.4 Å². The molecule has 1 unspecified atom stereocenters. The second-order valence-corrected chi connectivity index (χ2v) is 6.01. The number of nitrogens with zero attached hydrogens (tertiary/aromatic N) is 1. The molecule has 1 aromatic carbocycles. The number of aromatic nitrogens is 1. The predicted molar refractivity (Wildman–Crippen MR) is 79.8 cm³/mol. The molecule has 2 aromatic rings. The maximum atomic E-state index is 5.94. The van der Waals surface area contributed by atoms with Crippen LogP contribution in [0.15, 0.2) is 24.4 Å².